The van der Waals surface area contributed by atoms with Crippen LogP contribution in [0.25, 0.3) is 0 Å². The third-order valence-corrected chi connectivity index (χ3v) is 1.45. The first-order chi connectivity index (χ1) is 4.33. The highest BCUT2D eigenvalue weighted by Crippen LogP contribution is 2.02. The highest BCUT2D eigenvalue weighted by Gasteiger charge is 2.13. The van der Waals surface area contributed by atoms with E-state index in [-0.39, 0.29) is 6.04 Å². The van der Waals surface area contributed by atoms with Gasteiger partial charge in [0.15, 0.2) is 0 Å². The molecule has 3 heteroatoms. The molecular formula is C6H9N3. The van der Waals surface area contributed by atoms with Crippen LogP contribution in [0.2, 0.25) is 0 Å². The van der Waals surface area contributed by atoms with Gasteiger partial charge in [0.1, 0.15) is 0 Å². The van der Waals surface area contributed by atoms with E-state index in [2.05, 4.69) is 11.4 Å². The van der Waals surface area contributed by atoms with Gasteiger partial charge in [-0.25, -0.2) is 0 Å². The Morgan fingerprint density at radius 1 is 1.78 bits per heavy atom. The molecule has 1 aliphatic heterocycles. The Bertz CT molecular complexity index is 146. The summed E-state index contributed by atoms with van der Waals surface area (Å²) in [5.74, 6) is 0. The number of hydrogen-bond donors (Lipinski definition) is 2. The van der Waals surface area contributed by atoms with E-state index in [0.717, 1.165) is 12.8 Å². The molecule has 0 radical (unpaired) electrons. The minimum absolute atomic E-state index is 0.0147. The van der Waals surface area contributed by atoms with Crippen molar-refractivity contribution in [3.05, 3.63) is 0 Å². The summed E-state index contributed by atoms with van der Waals surface area (Å²) in [6, 6.07) is 2.10. The number of piperidine rings is 1. The third kappa shape index (κ3) is 1.51. The van der Waals surface area contributed by atoms with Gasteiger partial charge in [0.25, 0.3) is 0 Å². The van der Waals surface area contributed by atoms with Crippen molar-refractivity contribution in [1.82, 2.24) is 5.32 Å². The summed E-state index contributed by atoms with van der Waals surface area (Å²) in [5, 5.41) is 18.5. The molecule has 3 nitrogen and oxygen atoms in total. The minimum Gasteiger partial charge on any atom is -0.308 e. The van der Waals surface area contributed by atoms with E-state index in [4.69, 9.17) is 10.7 Å². The van der Waals surface area contributed by atoms with Crippen LogP contribution in [0.3, 0.4) is 0 Å². The Balaban J connectivity index is 2.37. The molecule has 9 heavy (non-hydrogen) atoms. The van der Waals surface area contributed by atoms with Crippen LogP contribution in [-0.2, 0) is 0 Å². The molecule has 1 atom stereocenters. The van der Waals surface area contributed by atoms with Gasteiger partial charge in [-0.1, -0.05) is 0 Å². The molecule has 0 aliphatic carbocycles. The van der Waals surface area contributed by atoms with Gasteiger partial charge in [0.05, 0.1) is 12.1 Å². The van der Waals surface area contributed by atoms with E-state index >= 15 is 0 Å². The average molecular weight is 123 g/mol. The van der Waals surface area contributed by atoms with Crippen LogP contribution in [0.15, 0.2) is 0 Å². The summed E-state index contributed by atoms with van der Waals surface area (Å²) in [7, 11) is 0. The first kappa shape index (κ1) is 6.24. The second kappa shape index (κ2) is 2.60. The lowest BCUT2D eigenvalue weighted by Gasteiger charge is -2.17. The van der Waals surface area contributed by atoms with Crippen LogP contribution < -0.4 is 5.32 Å². The Kier molecular flexibility index (Phi) is 1.81. The molecule has 1 fully saturated rings. The van der Waals surface area contributed by atoms with E-state index in [9.17, 15) is 0 Å². The Hall–Kier alpha value is -0.880. The van der Waals surface area contributed by atoms with Gasteiger partial charge in [-0.3, -0.25) is 5.32 Å². The molecule has 1 heterocycles. The van der Waals surface area contributed by atoms with Gasteiger partial charge in [0, 0.05) is 12.3 Å². The maximum atomic E-state index is 8.39. The number of hydrogen-bond acceptors (Lipinski definition) is 3. The average Bonchev–Trinajstić information content (AvgIpc) is 1.90. The zero-order chi connectivity index (χ0) is 6.69. The lowest BCUT2D eigenvalue weighted by Crippen LogP contribution is -2.37. The molecule has 1 rings (SSSR count). The fraction of sp³-hybridized carbons (Fsp3) is 0.667. The normalized spacial score (nSPS) is 27.4. The maximum Gasteiger partial charge on any atom is 0.0959 e. The predicted octanol–water partition coefficient (Wildman–Crippen LogP) is 0.282. The van der Waals surface area contributed by atoms with Crippen LogP contribution in [-0.4, -0.2) is 18.3 Å². The molecule has 0 aromatic heterocycles. The lowest BCUT2D eigenvalue weighted by atomic mass is 10.1. The SMILES string of the molecule is N#C[C@@H]1CCC(=N)CN1. The second-order valence-electron chi connectivity index (χ2n) is 2.20. The Morgan fingerprint density at radius 3 is 3.00 bits per heavy atom. The minimum atomic E-state index is -0.0147. The third-order valence-electron chi connectivity index (χ3n) is 1.45. The standard InChI is InChI=1S/C6H9N3/c7-3-6-2-1-5(8)4-9-6/h6,8-9H,1-2,4H2/t6-/m0/s1. The lowest BCUT2D eigenvalue weighted by molar-refractivity contribution is 0.580. The largest absolute Gasteiger partial charge is 0.308 e. The number of nitrogens with one attached hydrogen (secondary N) is 2. The first-order valence-electron chi connectivity index (χ1n) is 3.02. The number of nitrogens with zero attached hydrogens (tertiary/aromatic N) is 1. The molecule has 0 unspecified atom stereocenters. The number of rotatable bonds is 0. The fourth-order valence-electron chi connectivity index (χ4n) is 0.866. The summed E-state index contributed by atoms with van der Waals surface area (Å²) in [4.78, 5) is 0. The zero-order valence-electron chi connectivity index (χ0n) is 5.15. The summed E-state index contributed by atoms with van der Waals surface area (Å²) in [5.41, 5.74) is 0.710. The molecule has 2 N–H and O–H groups in total. The summed E-state index contributed by atoms with van der Waals surface area (Å²) in [6.07, 6.45) is 1.58. The number of nitriles is 1. The van der Waals surface area contributed by atoms with E-state index in [1.807, 2.05) is 0 Å². The quantitative estimate of drug-likeness (QED) is 0.486. The van der Waals surface area contributed by atoms with Crippen LogP contribution in [0, 0.1) is 16.7 Å². The molecule has 0 saturated carbocycles. The van der Waals surface area contributed by atoms with Gasteiger partial charge >= 0.3 is 0 Å². The van der Waals surface area contributed by atoms with Crippen molar-refractivity contribution in [2.45, 2.75) is 18.9 Å². The van der Waals surface area contributed by atoms with E-state index in [0.29, 0.717) is 12.3 Å². The predicted molar refractivity (Wildman–Crippen MR) is 34.4 cm³/mol. The van der Waals surface area contributed by atoms with Crippen molar-refractivity contribution in [1.29, 1.82) is 10.7 Å². The molecule has 0 aromatic carbocycles. The molecule has 1 aliphatic rings. The van der Waals surface area contributed by atoms with Gasteiger partial charge < -0.3 is 5.41 Å². The smallest absolute Gasteiger partial charge is 0.0959 e. The topological polar surface area (TPSA) is 59.7 Å². The highest BCUT2D eigenvalue weighted by atomic mass is 14.9. The van der Waals surface area contributed by atoms with Crippen LogP contribution >= 0.6 is 0 Å². The Morgan fingerprint density at radius 2 is 2.56 bits per heavy atom. The molecule has 0 aromatic rings. The van der Waals surface area contributed by atoms with Crippen molar-refractivity contribution in [3.8, 4) is 6.07 Å². The van der Waals surface area contributed by atoms with E-state index < -0.39 is 0 Å². The first-order valence-corrected chi connectivity index (χ1v) is 3.02. The molecule has 1 saturated heterocycles. The zero-order valence-corrected chi connectivity index (χ0v) is 5.15. The molecule has 0 amide bonds. The van der Waals surface area contributed by atoms with Crippen molar-refractivity contribution in [2.75, 3.05) is 6.54 Å². The monoisotopic (exact) mass is 123 g/mol. The van der Waals surface area contributed by atoms with Gasteiger partial charge in [-0.2, -0.15) is 5.26 Å². The highest BCUT2D eigenvalue weighted by molar-refractivity contribution is 5.84. The Labute approximate surface area is 54.2 Å². The summed E-state index contributed by atoms with van der Waals surface area (Å²) < 4.78 is 0. The second-order valence-corrected chi connectivity index (χ2v) is 2.20. The van der Waals surface area contributed by atoms with Crippen molar-refractivity contribution < 1.29 is 0 Å². The summed E-state index contributed by atoms with van der Waals surface area (Å²) in [6.45, 7) is 0.595. The maximum absolute atomic E-state index is 8.39. The molecule has 48 valence electrons. The van der Waals surface area contributed by atoms with Crippen molar-refractivity contribution in [2.24, 2.45) is 0 Å². The van der Waals surface area contributed by atoms with Gasteiger partial charge in [-0.15, -0.1) is 0 Å². The fourth-order valence-corrected chi connectivity index (χ4v) is 0.866. The van der Waals surface area contributed by atoms with Crippen LogP contribution in [0.1, 0.15) is 12.8 Å². The molecule has 0 bridgehead atoms. The van der Waals surface area contributed by atoms with Crippen LogP contribution in [0.5, 0.6) is 0 Å². The van der Waals surface area contributed by atoms with Gasteiger partial charge in [0.2, 0.25) is 0 Å². The van der Waals surface area contributed by atoms with Crippen LogP contribution in [0.4, 0.5) is 0 Å². The van der Waals surface area contributed by atoms with Crippen molar-refractivity contribution >= 4 is 5.71 Å². The van der Waals surface area contributed by atoms with Crippen molar-refractivity contribution in [3.63, 3.8) is 0 Å². The summed E-state index contributed by atoms with van der Waals surface area (Å²) >= 11 is 0. The molecule has 0 spiro atoms. The van der Waals surface area contributed by atoms with E-state index in [1.165, 1.54) is 0 Å². The van der Waals surface area contributed by atoms with Gasteiger partial charge in [-0.05, 0) is 12.8 Å². The molecular weight excluding hydrogens is 114 g/mol. The van der Waals surface area contributed by atoms with E-state index in [1.54, 1.807) is 0 Å².